The number of esters is 1. The molecule has 1 fully saturated rings. The molecule has 3 aromatic rings. The molecule has 7 nitrogen and oxygen atoms in total. The summed E-state index contributed by atoms with van der Waals surface area (Å²) in [6, 6.07) is 9.78. The van der Waals surface area contributed by atoms with Crippen molar-refractivity contribution in [2.24, 2.45) is 5.41 Å². The van der Waals surface area contributed by atoms with Crippen LogP contribution in [0.3, 0.4) is 0 Å². The average molecular weight is 602 g/mol. The van der Waals surface area contributed by atoms with Gasteiger partial charge >= 0.3 is 5.97 Å². The van der Waals surface area contributed by atoms with Crippen molar-refractivity contribution in [3.05, 3.63) is 70.0 Å². The van der Waals surface area contributed by atoms with E-state index < -0.39 is 22.7 Å². The number of aryl methyl sites for hydroxylation is 1. The van der Waals surface area contributed by atoms with E-state index in [1.165, 1.54) is 12.1 Å². The first-order chi connectivity index (χ1) is 19.5. The molecular weight excluding hydrogens is 560 g/mol. The average Bonchev–Trinajstić information content (AvgIpc) is 3.25. The minimum atomic E-state index is -0.887. The van der Waals surface area contributed by atoms with Crippen molar-refractivity contribution >= 4 is 29.2 Å². The van der Waals surface area contributed by atoms with Gasteiger partial charge in [0.15, 0.2) is 11.6 Å². The summed E-state index contributed by atoms with van der Waals surface area (Å²) in [5.41, 5.74) is -0.0117. The number of pyridine rings is 1. The molecule has 0 spiro atoms. The lowest BCUT2D eigenvalue weighted by Crippen LogP contribution is -2.51. The first-order valence-electron chi connectivity index (χ1n) is 14.4. The number of piperidine rings is 1. The van der Waals surface area contributed by atoms with Crippen LogP contribution in [0.5, 0.6) is 0 Å². The van der Waals surface area contributed by atoms with Crippen LogP contribution in [0.25, 0.3) is 0 Å². The molecule has 2 aromatic heterocycles. The number of hydrogen-bond donors (Lipinski definition) is 1. The number of nitrogens with one attached hydrogen (secondary N) is 1. The van der Waals surface area contributed by atoms with E-state index in [2.05, 4.69) is 20.3 Å². The van der Waals surface area contributed by atoms with Crippen LogP contribution in [0.15, 0.2) is 36.4 Å². The van der Waals surface area contributed by atoms with E-state index in [0.29, 0.717) is 43.0 Å². The molecular formula is C32H42ClF2N5O2. The van der Waals surface area contributed by atoms with E-state index in [-0.39, 0.29) is 34.8 Å². The Morgan fingerprint density at radius 3 is 2.52 bits per heavy atom. The summed E-state index contributed by atoms with van der Waals surface area (Å²) < 4.78 is 37.4. The summed E-state index contributed by atoms with van der Waals surface area (Å²) >= 11 is 6.02. The molecule has 0 radical (unpaired) electrons. The molecule has 0 amide bonds. The van der Waals surface area contributed by atoms with Crippen molar-refractivity contribution in [2.75, 3.05) is 11.9 Å². The molecule has 1 aliphatic heterocycles. The molecule has 0 unspecified atom stereocenters. The first-order valence-corrected chi connectivity index (χ1v) is 14.8. The maximum absolute atomic E-state index is 15.0. The quantitative estimate of drug-likeness (QED) is 0.282. The normalized spacial score (nSPS) is 20.0. The molecule has 2 atom stereocenters. The third-order valence-electron chi connectivity index (χ3n) is 7.56. The molecule has 4 rings (SSSR count). The standard InChI is InChI=1S/C32H42ClF2N5O2/c1-20-16-26(40(38-20)30(3,4)5)37-28-25(34)13-12-23(36-28)18-32(29(41)42-31(6,7)8)14-15-39(21(2)17-32)19-22-10-9-11-24(33)27(22)35/h9-13,16,21H,14-15,17-19H2,1-8H3,(H,36,37)/t21-,32-/m1/s1. The zero-order chi connectivity index (χ0) is 31.0. The number of hydrogen-bond acceptors (Lipinski definition) is 6. The summed E-state index contributed by atoms with van der Waals surface area (Å²) in [4.78, 5) is 20.6. The van der Waals surface area contributed by atoms with Crippen molar-refractivity contribution in [3.63, 3.8) is 0 Å². The van der Waals surface area contributed by atoms with E-state index in [1.54, 1.807) is 22.9 Å². The molecule has 0 aliphatic carbocycles. The second kappa shape index (κ2) is 11.9. The fourth-order valence-corrected chi connectivity index (χ4v) is 5.73. The van der Waals surface area contributed by atoms with Gasteiger partial charge in [-0.15, -0.1) is 0 Å². The van der Waals surface area contributed by atoms with Crippen LogP contribution in [-0.2, 0) is 28.0 Å². The summed E-state index contributed by atoms with van der Waals surface area (Å²) in [7, 11) is 0. The zero-order valence-corrected chi connectivity index (χ0v) is 26.6. The van der Waals surface area contributed by atoms with Gasteiger partial charge in [0, 0.05) is 36.3 Å². The summed E-state index contributed by atoms with van der Waals surface area (Å²) in [6.07, 6.45) is 1.23. The summed E-state index contributed by atoms with van der Waals surface area (Å²) in [6.45, 7) is 16.4. The highest BCUT2D eigenvalue weighted by molar-refractivity contribution is 6.30. The predicted octanol–water partition coefficient (Wildman–Crippen LogP) is 7.57. The summed E-state index contributed by atoms with van der Waals surface area (Å²) in [5, 5.41) is 7.77. The van der Waals surface area contributed by atoms with E-state index in [4.69, 9.17) is 16.3 Å². The van der Waals surface area contributed by atoms with Gasteiger partial charge in [0.2, 0.25) is 0 Å². The van der Waals surface area contributed by atoms with E-state index in [0.717, 1.165) is 5.69 Å². The van der Waals surface area contributed by atoms with Crippen LogP contribution in [0.1, 0.15) is 78.3 Å². The van der Waals surface area contributed by atoms with Gasteiger partial charge in [-0.05, 0) is 93.0 Å². The SMILES string of the molecule is Cc1cc(Nc2nc(C[C@@]3(C(=O)OC(C)(C)C)CCN(Cc4cccc(Cl)c4F)[C@H](C)C3)ccc2F)n(C(C)(C)C)n1. The smallest absolute Gasteiger partial charge is 0.313 e. The molecule has 1 aliphatic rings. The number of anilines is 2. The van der Waals surface area contributed by atoms with Crippen molar-refractivity contribution in [3.8, 4) is 0 Å². The molecule has 228 valence electrons. The molecule has 1 saturated heterocycles. The van der Waals surface area contributed by atoms with Crippen molar-refractivity contribution in [1.29, 1.82) is 0 Å². The van der Waals surface area contributed by atoms with E-state index in [9.17, 15) is 9.18 Å². The number of rotatable bonds is 7. The predicted molar refractivity (Wildman–Crippen MR) is 162 cm³/mol. The van der Waals surface area contributed by atoms with Crippen molar-refractivity contribution < 1.29 is 18.3 Å². The van der Waals surface area contributed by atoms with Crippen LogP contribution in [0, 0.1) is 24.0 Å². The number of likely N-dealkylation sites (tertiary alicyclic amines) is 1. The topological polar surface area (TPSA) is 72.3 Å². The minimum absolute atomic E-state index is 0.0631. The van der Waals surface area contributed by atoms with Gasteiger partial charge in [-0.1, -0.05) is 23.7 Å². The maximum atomic E-state index is 15.0. The molecule has 1 aromatic carbocycles. The van der Waals surface area contributed by atoms with Gasteiger partial charge in [-0.3, -0.25) is 9.69 Å². The van der Waals surface area contributed by atoms with Crippen LogP contribution in [0.4, 0.5) is 20.4 Å². The number of benzene rings is 1. The number of halogens is 3. The number of ether oxygens (including phenoxy) is 1. The Morgan fingerprint density at radius 2 is 1.88 bits per heavy atom. The minimum Gasteiger partial charge on any atom is -0.460 e. The zero-order valence-electron chi connectivity index (χ0n) is 25.8. The van der Waals surface area contributed by atoms with Gasteiger partial charge in [0.05, 0.1) is 21.7 Å². The highest BCUT2D eigenvalue weighted by atomic mass is 35.5. The number of carbonyl (C=O) groups is 1. The number of carbonyl (C=O) groups excluding carboxylic acids is 1. The van der Waals surface area contributed by atoms with Crippen LogP contribution in [-0.4, -0.2) is 43.8 Å². The number of nitrogens with zero attached hydrogens (tertiary/aromatic N) is 4. The molecule has 1 N–H and O–H groups in total. The molecule has 0 saturated carbocycles. The Bertz CT molecular complexity index is 1450. The number of aromatic nitrogens is 3. The molecule has 42 heavy (non-hydrogen) atoms. The third kappa shape index (κ3) is 7.29. The second-order valence-corrected chi connectivity index (χ2v) is 13.9. The fraction of sp³-hybridized carbons (Fsp3) is 0.531. The Kier molecular flexibility index (Phi) is 9.05. The van der Waals surface area contributed by atoms with Gasteiger partial charge in [-0.2, -0.15) is 5.10 Å². The lowest BCUT2D eigenvalue weighted by molar-refractivity contribution is -0.172. The van der Waals surface area contributed by atoms with Gasteiger partial charge in [0.1, 0.15) is 17.2 Å². The monoisotopic (exact) mass is 601 g/mol. The summed E-state index contributed by atoms with van der Waals surface area (Å²) in [5.74, 6) is -0.540. The Hall–Kier alpha value is -3.04. The Balaban J connectivity index is 1.62. The van der Waals surface area contributed by atoms with Gasteiger partial charge in [0.25, 0.3) is 0 Å². The third-order valence-corrected chi connectivity index (χ3v) is 7.85. The van der Waals surface area contributed by atoms with Crippen LogP contribution in [0.2, 0.25) is 5.02 Å². The lowest BCUT2D eigenvalue weighted by atomic mass is 9.72. The van der Waals surface area contributed by atoms with Crippen molar-refractivity contribution in [1.82, 2.24) is 19.7 Å². The second-order valence-electron chi connectivity index (χ2n) is 13.5. The highest BCUT2D eigenvalue weighted by Gasteiger charge is 2.47. The largest absolute Gasteiger partial charge is 0.460 e. The Labute approximate surface area is 252 Å². The van der Waals surface area contributed by atoms with Crippen molar-refractivity contribution in [2.45, 2.75) is 98.4 Å². The van der Waals surface area contributed by atoms with E-state index in [1.807, 2.05) is 61.5 Å². The van der Waals surface area contributed by atoms with Gasteiger partial charge < -0.3 is 10.1 Å². The fourth-order valence-electron chi connectivity index (χ4n) is 5.54. The Morgan fingerprint density at radius 1 is 1.17 bits per heavy atom. The van der Waals surface area contributed by atoms with Gasteiger partial charge in [-0.25, -0.2) is 18.4 Å². The molecule has 10 heteroatoms. The van der Waals surface area contributed by atoms with Crippen LogP contribution >= 0.6 is 11.6 Å². The first kappa shape index (κ1) is 31.9. The van der Waals surface area contributed by atoms with Crippen LogP contribution < -0.4 is 5.32 Å². The maximum Gasteiger partial charge on any atom is 0.313 e. The van der Waals surface area contributed by atoms with E-state index >= 15 is 4.39 Å². The molecule has 0 bridgehead atoms. The molecule has 3 heterocycles. The lowest BCUT2D eigenvalue weighted by Gasteiger charge is -2.45. The highest BCUT2D eigenvalue weighted by Crippen LogP contribution is 2.41.